The second-order valence-electron chi connectivity index (χ2n) is 6.60. The van der Waals surface area contributed by atoms with Crippen molar-refractivity contribution >= 4 is 12.1 Å². The Morgan fingerprint density at radius 1 is 1.21 bits per heavy atom. The van der Waals surface area contributed by atoms with Crippen LogP contribution in [0.3, 0.4) is 0 Å². The molecule has 0 aliphatic heterocycles. The van der Waals surface area contributed by atoms with Crippen LogP contribution in [-0.4, -0.2) is 46.9 Å². The summed E-state index contributed by atoms with van der Waals surface area (Å²) in [5.41, 5.74) is 0.299. The number of amides is 1. The maximum atomic E-state index is 12.3. The van der Waals surface area contributed by atoms with Gasteiger partial charge in [-0.3, -0.25) is 4.79 Å². The molecule has 1 atom stereocenters. The molecular weight excluding hydrogens is 310 g/mol. The quantitative estimate of drug-likeness (QED) is 0.774. The molecule has 24 heavy (non-hydrogen) atoms. The molecule has 1 aromatic carbocycles. The number of aliphatic hydroxyl groups excluding tert-OH is 1. The Balaban J connectivity index is 2.57. The van der Waals surface area contributed by atoms with Crippen molar-refractivity contribution in [1.29, 1.82) is 0 Å². The number of carbonyl (C=O) groups is 2. The molecule has 0 saturated carbocycles. The molecule has 0 aromatic heterocycles. The van der Waals surface area contributed by atoms with Gasteiger partial charge >= 0.3 is 12.1 Å². The van der Waals surface area contributed by atoms with Crippen molar-refractivity contribution in [3.63, 3.8) is 0 Å². The molecule has 1 rings (SSSR count). The highest BCUT2D eigenvalue weighted by Gasteiger charge is 2.23. The number of rotatable bonds is 7. The Bertz CT molecular complexity index is 524. The van der Waals surface area contributed by atoms with E-state index >= 15 is 0 Å². The van der Waals surface area contributed by atoms with Gasteiger partial charge in [0.05, 0.1) is 19.1 Å². The van der Waals surface area contributed by atoms with Crippen LogP contribution < -0.4 is 0 Å². The molecule has 1 aromatic rings. The Labute approximate surface area is 143 Å². The van der Waals surface area contributed by atoms with Crippen LogP contribution in [0.25, 0.3) is 0 Å². The lowest BCUT2D eigenvalue weighted by Gasteiger charge is -2.27. The van der Waals surface area contributed by atoms with E-state index in [1.807, 2.05) is 30.3 Å². The first-order valence-electron chi connectivity index (χ1n) is 8.03. The third-order valence-electron chi connectivity index (χ3n) is 3.21. The van der Waals surface area contributed by atoms with Gasteiger partial charge in [0.2, 0.25) is 0 Å². The molecular formula is C18H27NO5. The van der Waals surface area contributed by atoms with Gasteiger partial charge in [-0.1, -0.05) is 30.3 Å². The maximum absolute atomic E-state index is 12.3. The largest absolute Gasteiger partial charge is 0.460 e. The summed E-state index contributed by atoms with van der Waals surface area (Å²) in [6.45, 7) is 7.10. The molecule has 0 fully saturated rings. The van der Waals surface area contributed by atoms with Gasteiger partial charge in [-0.05, 0) is 33.3 Å². The molecule has 0 aliphatic rings. The Morgan fingerprint density at radius 3 is 2.38 bits per heavy atom. The Morgan fingerprint density at radius 2 is 1.83 bits per heavy atom. The van der Waals surface area contributed by atoms with Crippen molar-refractivity contribution in [1.82, 2.24) is 4.90 Å². The second-order valence-corrected chi connectivity index (χ2v) is 6.60. The molecule has 6 heteroatoms. The van der Waals surface area contributed by atoms with Gasteiger partial charge in [0.25, 0.3) is 0 Å². The predicted molar refractivity (Wildman–Crippen MR) is 90.3 cm³/mol. The number of benzene rings is 1. The van der Waals surface area contributed by atoms with Crippen molar-refractivity contribution in [3.8, 4) is 0 Å². The molecule has 6 nitrogen and oxygen atoms in total. The summed E-state index contributed by atoms with van der Waals surface area (Å²) in [4.78, 5) is 25.4. The van der Waals surface area contributed by atoms with Crippen molar-refractivity contribution in [2.24, 2.45) is 0 Å². The van der Waals surface area contributed by atoms with E-state index in [2.05, 4.69) is 0 Å². The van der Waals surface area contributed by atoms with Crippen LogP contribution in [0.5, 0.6) is 0 Å². The van der Waals surface area contributed by atoms with Crippen LogP contribution in [-0.2, 0) is 20.9 Å². The Kier molecular flexibility index (Phi) is 7.71. The zero-order valence-electron chi connectivity index (χ0n) is 14.8. The van der Waals surface area contributed by atoms with E-state index in [9.17, 15) is 14.7 Å². The third kappa shape index (κ3) is 7.46. The van der Waals surface area contributed by atoms with Crippen molar-refractivity contribution < 1.29 is 24.2 Å². The maximum Gasteiger partial charge on any atom is 0.410 e. The van der Waals surface area contributed by atoms with Crippen LogP contribution in [0, 0.1) is 0 Å². The van der Waals surface area contributed by atoms with E-state index in [-0.39, 0.29) is 26.2 Å². The molecule has 1 N–H and O–H groups in total. The molecule has 0 spiro atoms. The van der Waals surface area contributed by atoms with Crippen LogP contribution in [0.15, 0.2) is 30.3 Å². The number of aliphatic hydroxyl groups is 1. The number of ether oxygens (including phenoxy) is 2. The Hall–Kier alpha value is -2.08. The summed E-state index contributed by atoms with van der Waals surface area (Å²) in [5, 5.41) is 9.33. The summed E-state index contributed by atoms with van der Waals surface area (Å²) < 4.78 is 10.5. The summed E-state index contributed by atoms with van der Waals surface area (Å²) in [5.74, 6) is -0.395. The predicted octanol–water partition coefficient (Wildman–Crippen LogP) is 2.74. The molecule has 0 saturated heterocycles. The number of esters is 1. The van der Waals surface area contributed by atoms with Crippen LogP contribution >= 0.6 is 0 Å². The zero-order valence-corrected chi connectivity index (χ0v) is 14.8. The monoisotopic (exact) mass is 337 g/mol. The first-order chi connectivity index (χ1) is 11.2. The summed E-state index contributed by atoms with van der Waals surface area (Å²) in [7, 11) is 0. The van der Waals surface area contributed by atoms with Crippen LogP contribution in [0.2, 0.25) is 0 Å². The fourth-order valence-corrected chi connectivity index (χ4v) is 2.00. The van der Waals surface area contributed by atoms with Crippen molar-refractivity contribution in [2.45, 2.75) is 52.4 Å². The van der Waals surface area contributed by atoms with E-state index in [0.717, 1.165) is 5.56 Å². The number of hydrogen-bond acceptors (Lipinski definition) is 5. The van der Waals surface area contributed by atoms with E-state index in [0.29, 0.717) is 0 Å². The molecule has 0 aliphatic carbocycles. The molecule has 0 bridgehead atoms. The highest BCUT2D eigenvalue weighted by molar-refractivity contribution is 5.72. The fourth-order valence-electron chi connectivity index (χ4n) is 2.00. The van der Waals surface area contributed by atoms with Gasteiger partial charge < -0.3 is 19.5 Å². The van der Waals surface area contributed by atoms with E-state index in [1.165, 1.54) is 4.90 Å². The number of nitrogens with zero attached hydrogens (tertiary/aromatic N) is 1. The number of carbonyl (C=O) groups excluding carboxylic acids is 2. The minimum Gasteiger partial charge on any atom is -0.460 e. The summed E-state index contributed by atoms with van der Waals surface area (Å²) in [6.07, 6.45) is -0.522. The van der Waals surface area contributed by atoms with Crippen LogP contribution in [0.4, 0.5) is 4.79 Å². The highest BCUT2D eigenvalue weighted by Crippen LogP contribution is 2.11. The number of hydrogen-bond donors (Lipinski definition) is 1. The standard InChI is InChI=1S/C18H27NO5/c1-14(12-20)19(11-10-16(21)24-18(2,3)4)17(22)23-13-15-8-6-5-7-9-15/h5-9,14,20H,10-13H2,1-4H3. The smallest absolute Gasteiger partial charge is 0.410 e. The SMILES string of the molecule is CC(CO)N(CCC(=O)OC(C)(C)C)C(=O)OCc1ccccc1. The lowest BCUT2D eigenvalue weighted by molar-refractivity contribution is -0.155. The topological polar surface area (TPSA) is 76.1 Å². The van der Waals surface area contributed by atoms with E-state index < -0.39 is 23.7 Å². The molecule has 1 unspecified atom stereocenters. The van der Waals surface area contributed by atoms with Gasteiger partial charge in [-0.25, -0.2) is 4.79 Å². The molecule has 134 valence electrons. The van der Waals surface area contributed by atoms with Gasteiger partial charge in [-0.2, -0.15) is 0 Å². The van der Waals surface area contributed by atoms with Gasteiger partial charge in [-0.15, -0.1) is 0 Å². The van der Waals surface area contributed by atoms with Crippen molar-refractivity contribution in [3.05, 3.63) is 35.9 Å². The van der Waals surface area contributed by atoms with Crippen LogP contribution in [0.1, 0.15) is 39.7 Å². The van der Waals surface area contributed by atoms with Gasteiger partial charge in [0, 0.05) is 6.54 Å². The lowest BCUT2D eigenvalue weighted by Crippen LogP contribution is -2.42. The first kappa shape index (κ1) is 20.0. The molecule has 0 radical (unpaired) electrons. The normalized spacial score (nSPS) is 12.4. The second kappa shape index (κ2) is 9.27. The average Bonchev–Trinajstić information content (AvgIpc) is 2.52. The third-order valence-corrected chi connectivity index (χ3v) is 3.21. The average molecular weight is 337 g/mol. The van der Waals surface area contributed by atoms with E-state index in [4.69, 9.17) is 9.47 Å². The lowest BCUT2D eigenvalue weighted by atomic mass is 10.2. The van der Waals surface area contributed by atoms with Gasteiger partial charge in [0.1, 0.15) is 12.2 Å². The van der Waals surface area contributed by atoms with E-state index in [1.54, 1.807) is 27.7 Å². The molecule has 1 amide bonds. The molecule has 0 heterocycles. The minimum absolute atomic E-state index is 0.0437. The fraction of sp³-hybridized carbons (Fsp3) is 0.556. The summed E-state index contributed by atoms with van der Waals surface area (Å²) in [6, 6.07) is 8.86. The minimum atomic E-state index is -0.571. The van der Waals surface area contributed by atoms with Gasteiger partial charge in [0.15, 0.2) is 0 Å². The first-order valence-corrected chi connectivity index (χ1v) is 8.03. The zero-order chi connectivity index (χ0) is 18.2. The van der Waals surface area contributed by atoms with Crippen molar-refractivity contribution in [2.75, 3.05) is 13.2 Å². The highest BCUT2D eigenvalue weighted by atomic mass is 16.6. The summed E-state index contributed by atoms with van der Waals surface area (Å²) >= 11 is 0.